The summed E-state index contributed by atoms with van der Waals surface area (Å²) in [5, 5.41) is 13.1. The zero-order chi connectivity index (χ0) is 15.9. The minimum Gasteiger partial charge on any atom is -0.387 e. The van der Waals surface area contributed by atoms with Crippen LogP contribution in [0.3, 0.4) is 0 Å². The van der Waals surface area contributed by atoms with E-state index in [1.807, 2.05) is 30.5 Å². The molecule has 0 aliphatic heterocycles. The molecule has 0 aliphatic rings. The molecule has 1 aromatic carbocycles. The summed E-state index contributed by atoms with van der Waals surface area (Å²) in [6.45, 7) is 2.97. The van der Waals surface area contributed by atoms with Crippen LogP contribution in [-0.4, -0.2) is 29.4 Å². The second kappa shape index (κ2) is 7.98. The van der Waals surface area contributed by atoms with E-state index in [-0.39, 0.29) is 0 Å². The van der Waals surface area contributed by atoms with E-state index in [0.717, 1.165) is 29.9 Å². The summed E-state index contributed by atoms with van der Waals surface area (Å²) in [6, 6.07) is 10.4. The van der Waals surface area contributed by atoms with Crippen LogP contribution in [0.1, 0.15) is 24.3 Å². The molecular weight excluding hydrogens is 281 g/mol. The lowest BCUT2D eigenvalue weighted by atomic mass is 10.00. The maximum atomic E-state index is 12.5. The van der Waals surface area contributed by atoms with Crippen molar-refractivity contribution in [1.29, 1.82) is 0 Å². The molecular formula is C17H22FN3O. The van der Waals surface area contributed by atoms with Gasteiger partial charge in [0.15, 0.2) is 0 Å². The van der Waals surface area contributed by atoms with Gasteiger partial charge < -0.3 is 16.2 Å². The van der Waals surface area contributed by atoms with Gasteiger partial charge >= 0.3 is 0 Å². The van der Waals surface area contributed by atoms with Gasteiger partial charge in [-0.05, 0) is 23.7 Å². The topological polar surface area (TPSA) is 71.2 Å². The first kappa shape index (κ1) is 16.5. The van der Waals surface area contributed by atoms with Crippen molar-refractivity contribution >= 4 is 0 Å². The lowest BCUT2D eigenvalue weighted by Crippen LogP contribution is -2.30. The van der Waals surface area contributed by atoms with Crippen LogP contribution in [0.4, 0.5) is 4.39 Å². The summed E-state index contributed by atoms with van der Waals surface area (Å²) < 4.78 is 12.5. The predicted molar refractivity (Wildman–Crippen MR) is 86.0 cm³/mol. The van der Waals surface area contributed by atoms with Crippen LogP contribution in [0.2, 0.25) is 0 Å². The minimum absolute atomic E-state index is 0.616. The van der Waals surface area contributed by atoms with Gasteiger partial charge in [0.1, 0.15) is 6.67 Å². The van der Waals surface area contributed by atoms with E-state index >= 15 is 0 Å². The standard InChI is InChI=1S/C17H22FN3O/c1-2-20-11-15-8-7-14(10-21-15)12-3-5-13(6-4-12)17(22)16(19)9-18/h3-8,10,16-17,20,22H,2,9,11,19H2,1H3/t16-,17+/m1/s1. The van der Waals surface area contributed by atoms with E-state index in [4.69, 9.17) is 5.73 Å². The number of aliphatic hydroxyl groups excluding tert-OH is 1. The summed E-state index contributed by atoms with van der Waals surface area (Å²) in [7, 11) is 0. The number of hydrogen-bond acceptors (Lipinski definition) is 4. The largest absolute Gasteiger partial charge is 0.387 e. The third-order valence-electron chi connectivity index (χ3n) is 3.55. The summed E-state index contributed by atoms with van der Waals surface area (Å²) >= 11 is 0. The molecule has 118 valence electrons. The molecule has 2 atom stereocenters. The smallest absolute Gasteiger partial charge is 0.107 e. The van der Waals surface area contributed by atoms with Crippen LogP contribution >= 0.6 is 0 Å². The van der Waals surface area contributed by atoms with Crippen molar-refractivity contribution in [1.82, 2.24) is 10.3 Å². The minimum atomic E-state index is -0.986. The van der Waals surface area contributed by atoms with Crippen LogP contribution in [0.25, 0.3) is 11.1 Å². The molecule has 0 bridgehead atoms. The average Bonchev–Trinajstić information content (AvgIpc) is 2.59. The molecule has 0 amide bonds. The number of nitrogens with two attached hydrogens (primary N) is 1. The molecule has 0 spiro atoms. The molecule has 1 heterocycles. The molecule has 1 aromatic heterocycles. The fraction of sp³-hybridized carbons (Fsp3) is 0.353. The molecule has 4 N–H and O–H groups in total. The number of aliphatic hydroxyl groups is 1. The van der Waals surface area contributed by atoms with Crippen molar-refractivity contribution in [2.75, 3.05) is 13.2 Å². The van der Waals surface area contributed by atoms with Crippen LogP contribution in [0, 0.1) is 0 Å². The van der Waals surface area contributed by atoms with E-state index < -0.39 is 18.8 Å². The van der Waals surface area contributed by atoms with E-state index in [2.05, 4.69) is 17.2 Å². The Hall–Kier alpha value is -1.82. The highest BCUT2D eigenvalue weighted by Crippen LogP contribution is 2.23. The lowest BCUT2D eigenvalue weighted by Gasteiger charge is -2.16. The highest BCUT2D eigenvalue weighted by molar-refractivity contribution is 5.62. The Morgan fingerprint density at radius 1 is 1.18 bits per heavy atom. The summed E-state index contributed by atoms with van der Waals surface area (Å²) in [5.41, 5.74) is 9.11. The van der Waals surface area contributed by atoms with Crippen LogP contribution in [-0.2, 0) is 6.54 Å². The summed E-state index contributed by atoms with van der Waals surface area (Å²) in [5.74, 6) is 0. The molecule has 0 aliphatic carbocycles. The molecule has 0 saturated carbocycles. The number of rotatable bonds is 7. The van der Waals surface area contributed by atoms with Gasteiger partial charge in [-0.15, -0.1) is 0 Å². The number of nitrogens with zero attached hydrogens (tertiary/aromatic N) is 1. The first-order valence-corrected chi connectivity index (χ1v) is 7.41. The Bertz CT molecular complexity index is 571. The van der Waals surface area contributed by atoms with E-state index in [9.17, 15) is 9.50 Å². The Morgan fingerprint density at radius 2 is 1.86 bits per heavy atom. The molecule has 5 heteroatoms. The molecule has 2 aromatic rings. The van der Waals surface area contributed by atoms with Crippen molar-refractivity contribution in [3.05, 3.63) is 53.9 Å². The summed E-state index contributed by atoms with van der Waals surface area (Å²) in [6.07, 6.45) is 0.838. The fourth-order valence-electron chi connectivity index (χ4n) is 2.16. The maximum absolute atomic E-state index is 12.5. The van der Waals surface area contributed by atoms with Crippen molar-refractivity contribution in [3.8, 4) is 11.1 Å². The van der Waals surface area contributed by atoms with Gasteiger partial charge in [0, 0.05) is 18.3 Å². The fourth-order valence-corrected chi connectivity index (χ4v) is 2.16. The first-order chi connectivity index (χ1) is 10.7. The maximum Gasteiger partial charge on any atom is 0.107 e. The third kappa shape index (κ3) is 4.10. The van der Waals surface area contributed by atoms with Gasteiger partial charge in [-0.1, -0.05) is 37.3 Å². The molecule has 0 saturated heterocycles. The first-order valence-electron chi connectivity index (χ1n) is 7.41. The van der Waals surface area contributed by atoms with Gasteiger partial charge in [0.05, 0.1) is 17.8 Å². The Balaban J connectivity index is 2.10. The van der Waals surface area contributed by atoms with Gasteiger partial charge in [0.25, 0.3) is 0 Å². The second-order valence-corrected chi connectivity index (χ2v) is 5.20. The zero-order valence-electron chi connectivity index (χ0n) is 12.7. The number of hydrogen-bond donors (Lipinski definition) is 3. The molecule has 2 rings (SSSR count). The molecule has 0 unspecified atom stereocenters. The number of pyridine rings is 1. The third-order valence-corrected chi connectivity index (χ3v) is 3.55. The van der Waals surface area contributed by atoms with Crippen molar-refractivity contribution < 1.29 is 9.50 Å². The average molecular weight is 303 g/mol. The van der Waals surface area contributed by atoms with Gasteiger partial charge in [-0.2, -0.15) is 0 Å². The highest BCUT2D eigenvalue weighted by atomic mass is 19.1. The van der Waals surface area contributed by atoms with Crippen molar-refractivity contribution in [2.24, 2.45) is 5.73 Å². The molecule has 22 heavy (non-hydrogen) atoms. The quantitative estimate of drug-likeness (QED) is 0.733. The van der Waals surface area contributed by atoms with Gasteiger partial charge in [-0.3, -0.25) is 4.98 Å². The number of halogens is 1. The van der Waals surface area contributed by atoms with Crippen LogP contribution in [0.15, 0.2) is 42.6 Å². The van der Waals surface area contributed by atoms with Gasteiger partial charge in [0.2, 0.25) is 0 Å². The number of nitrogens with one attached hydrogen (secondary N) is 1. The molecule has 0 fully saturated rings. The van der Waals surface area contributed by atoms with Crippen molar-refractivity contribution in [3.63, 3.8) is 0 Å². The Kier molecular flexibility index (Phi) is 6.00. The van der Waals surface area contributed by atoms with Gasteiger partial charge in [-0.25, -0.2) is 4.39 Å². The summed E-state index contributed by atoms with van der Waals surface area (Å²) in [4.78, 5) is 4.41. The Labute approximate surface area is 130 Å². The molecule has 0 radical (unpaired) electrons. The predicted octanol–water partition coefficient (Wildman–Crippen LogP) is 2.19. The van der Waals surface area contributed by atoms with Crippen LogP contribution < -0.4 is 11.1 Å². The van der Waals surface area contributed by atoms with E-state index in [0.29, 0.717) is 5.56 Å². The van der Waals surface area contributed by atoms with Crippen molar-refractivity contribution in [2.45, 2.75) is 25.6 Å². The Morgan fingerprint density at radius 3 is 2.41 bits per heavy atom. The lowest BCUT2D eigenvalue weighted by molar-refractivity contribution is 0.132. The highest BCUT2D eigenvalue weighted by Gasteiger charge is 2.16. The number of alkyl halides is 1. The second-order valence-electron chi connectivity index (χ2n) is 5.20. The van der Waals surface area contributed by atoms with Crippen LogP contribution in [0.5, 0.6) is 0 Å². The molecule has 4 nitrogen and oxygen atoms in total. The monoisotopic (exact) mass is 303 g/mol. The zero-order valence-corrected chi connectivity index (χ0v) is 12.7. The van der Waals surface area contributed by atoms with E-state index in [1.54, 1.807) is 12.1 Å². The number of aromatic nitrogens is 1. The van der Waals surface area contributed by atoms with E-state index in [1.165, 1.54) is 0 Å². The number of benzene rings is 1. The SMILES string of the molecule is CCNCc1ccc(-c2ccc([C@H](O)[C@H](N)CF)cc2)cn1. The normalized spacial score (nSPS) is 13.8.